The Morgan fingerprint density at radius 2 is 2.15 bits per heavy atom. The summed E-state index contributed by atoms with van der Waals surface area (Å²) >= 11 is 0. The minimum absolute atomic E-state index is 0.280. The average molecular weight is 185 g/mol. The zero-order chi connectivity index (χ0) is 9.26. The molecule has 1 fully saturated rings. The summed E-state index contributed by atoms with van der Waals surface area (Å²) in [4.78, 5) is 5.30. The molecule has 0 amide bonds. The van der Waals surface area contributed by atoms with Crippen molar-refractivity contribution in [1.29, 1.82) is 0 Å². The molecule has 1 saturated carbocycles. The number of fused-ring (bicyclic) bond motifs is 1. The molecule has 0 radical (unpaired) electrons. The molecule has 0 aromatic rings. The molecular formula is C9H15NO3. The fourth-order valence-corrected chi connectivity index (χ4v) is 2.14. The van der Waals surface area contributed by atoms with Crippen LogP contribution < -0.4 is 0 Å². The van der Waals surface area contributed by atoms with Crippen LogP contribution in [0.2, 0.25) is 0 Å². The molecule has 0 spiro atoms. The van der Waals surface area contributed by atoms with Gasteiger partial charge in [0.1, 0.15) is 11.8 Å². The second-order valence-electron chi connectivity index (χ2n) is 3.50. The van der Waals surface area contributed by atoms with Crippen molar-refractivity contribution in [2.75, 3.05) is 14.2 Å². The summed E-state index contributed by atoms with van der Waals surface area (Å²) in [6.07, 6.45) is 3.43. The Morgan fingerprint density at radius 1 is 1.38 bits per heavy atom. The topological polar surface area (TPSA) is 40.0 Å². The van der Waals surface area contributed by atoms with Gasteiger partial charge in [-0.15, -0.1) is 0 Å². The molecule has 1 heterocycles. The number of oxime groups is 1. The highest BCUT2D eigenvalue weighted by atomic mass is 16.7. The molecule has 0 unspecified atom stereocenters. The number of rotatable bonds is 3. The van der Waals surface area contributed by atoms with Gasteiger partial charge in [-0.05, 0) is 19.3 Å². The van der Waals surface area contributed by atoms with E-state index < -0.39 is 0 Å². The van der Waals surface area contributed by atoms with E-state index in [-0.39, 0.29) is 12.4 Å². The molecule has 4 nitrogen and oxygen atoms in total. The highest BCUT2D eigenvalue weighted by Crippen LogP contribution is 2.35. The van der Waals surface area contributed by atoms with Gasteiger partial charge in [-0.2, -0.15) is 0 Å². The first-order valence-corrected chi connectivity index (χ1v) is 4.66. The smallest absolute Gasteiger partial charge is 0.200 e. The van der Waals surface area contributed by atoms with Crippen LogP contribution in [-0.2, 0) is 14.3 Å². The lowest BCUT2D eigenvalue weighted by Crippen LogP contribution is -2.31. The largest absolute Gasteiger partial charge is 0.392 e. The summed E-state index contributed by atoms with van der Waals surface area (Å²) in [7, 11) is 3.25. The third-order valence-electron chi connectivity index (χ3n) is 2.80. The minimum Gasteiger partial charge on any atom is -0.392 e. The van der Waals surface area contributed by atoms with Gasteiger partial charge in [-0.25, -0.2) is 0 Å². The van der Waals surface area contributed by atoms with E-state index in [0.29, 0.717) is 5.92 Å². The van der Waals surface area contributed by atoms with Crippen LogP contribution >= 0.6 is 0 Å². The van der Waals surface area contributed by atoms with Crippen molar-refractivity contribution in [3.8, 4) is 0 Å². The molecule has 0 aromatic heterocycles. The van der Waals surface area contributed by atoms with Gasteiger partial charge < -0.3 is 14.3 Å². The summed E-state index contributed by atoms with van der Waals surface area (Å²) < 4.78 is 10.3. The second kappa shape index (κ2) is 3.64. The maximum Gasteiger partial charge on any atom is 0.200 e. The Kier molecular flexibility index (Phi) is 2.51. The molecule has 1 aliphatic heterocycles. The lowest BCUT2D eigenvalue weighted by atomic mass is 10.00. The van der Waals surface area contributed by atoms with Gasteiger partial charge in [0, 0.05) is 20.1 Å². The predicted molar refractivity (Wildman–Crippen MR) is 47.5 cm³/mol. The van der Waals surface area contributed by atoms with Crippen molar-refractivity contribution in [1.82, 2.24) is 0 Å². The molecule has 4 heteroatoms. The van der Waals surface area contributed by atoms with E-state index in [9.17, 15) is 0 Å². The zero-order valence-electron chi connectivity index (χ0n) is 8.03. The summed E-state index contributed by atoms with van der Waals surface area (Å²) in [6, 6.07) is 0. The average Bonchev–Trinajstić information content (AvgIpc) is 2.70. The molecule has 0 bridgehead atoms. The van der Waals surface area contributed by atoms with Gasteiger partial charge in [0.05, 0.1) is 0 Å². The maximum atomic E-state index is 5.30. The fourth-order valence-electron chi connectivity index (χ4n) is 2.14. The molecule has 1 aliphatic carbocycles. The van der Waals surface area contributed by atoms with Gasteiger partial charge in [0.15, 0.2) is 6.29 Å². The van der Waals surface area contributed by atoms with Gasteiger partial charge in [-0.3, -0.25) is 0 Å². The molecule has 74 valence electrons. The lowest BCUT2D eigenvalue weighted by Gasteiger charge is -2.16. The van der Waals surface area contributed by atoms with Crippen LogP contribution in [0.15, 0.2) is 5.16 Å². The molecule has 2 aliphatic rings. The lowest BCUT2D eigenvalue weighted by molar-refractivity contribution is -0.0544. The first-order valence-electron chi connectivity index (χ1n) is 4.66. The Hall–Kier alpha value is -0.610. The van der Waals surface area contributed by atoms with E-state index in [0.717, 1.165) is 18.6 Å². The van der Waals surface area contributed by atoms with E-state index in [2.05, 4.69) is 5.16 Å². The zero-order valence-corrected chi connectivity index (χ0v) is 8.03. The second-order valence-corrected chi connectivity index (χ2v) is 3.50. The Balaban J connectivity index is 2.06. The van der Waals surface area contributed by atoms with Crippen molar-refractivity contribution >= 4 is 5.71 Å². The number of nitrogens with zero attached hydrogens (tertiary/aromatic N) is 1. The summed E-state index contributed by atoms with van der Waals surface area (Å²) in [6.45, 7) is 0. The standard InChI is InChI=1S/C9H15NO3/c1-11-9(12-2)8-6-4-3-5-7(6)13-10-8/h6-7,9H,3-5H2,1-2H3/t6-,7+/m1/s1. The third-order valence-corrected chi connectivity index (χ3v) is 2.80. The van der Waals surface area contributed by atoms with Gasteiger partial charge in [0.2, 0.25) is 0 Å². The third kappa shape index (κ3) is 1.44. The van der Waals surface area contributed by atoms with E-state index in [4.69, 9.17) is 14.3 Å². The Morgan fingerprint density at radius 3 is 2.85 bits per heavy atom. The van der Waals surface area contributed by atoms with E-state index in [1.807, 2.05) is 0 Å². The molecular weight excluding hydrogens is 170 g/mol. The summed E-state index contributed by atoms with van der Waals surface area (Å²) in [5.74, 6) is 0.421. The van der Waals surface area contributed by atoms with Gasteiger partial charge in [-0.1, -0.05) is 5.16 Å². The Labute approximate surface area is 77.8 Å². The number of hydrogen-bond acceptors (Lipinski definition) is 4. The van der Waals surface area contributed by atoms with Crippen molar-refractivity contribution in [3.63, 3.8) is 0 Å². The first kappa shape index (κ1) is 8.97. The highest BCUT2D eigenvalue weighted by Gasteiger charge is 2.41. The number of hydrogen-bond donors (Lipinski definition) is 0. The SMILES string of the molecule is COC(OC)C1=NO[C@H]2CCC[C@@H]12. The molecule has 0 saturated heterocycles. The predicted octanol–water partition coefficient (Wildman–Crippen LogP) is 1.16. The summed E-state index contributed by atoms with van der Waals surface area (Å²) in [5.41, 5.74) is 0.924. The van der Waals surface area contributed by atoms with Gasteiger partial charge >= 0.3 is 0 Å². The molecule has 13 heavy (non-hydrogen) atoms. The van der Waals surface area contributed by atoms with Crippen LogP contribution in [0.25, 0.3) is 0 Å². The van der Waals surface area contributed by atoms with Crippen LogP contribution in [0.3, 0.4) is 0 Å². The molecule has 0 N–H and O–H groups in total. The van der Waals surface area contributed by atoms with Crippen LogP contribution in [0.5, 0.6) is 0 Å². The van der Waals surface area contributed by atoms with Crippen molar-refractivity contribution in [2.24, 2.45) is 11.1 Å². The Bertz CT molecular complexity index is 213. The van der Waals surface area contributed by atoms with Crippen LogP contribution in [-0.4, -0.2) is 32.3 Å². The first-order chi connectivity index (χ1) is 6.36. The van der Waals surface area contributed by atoms with Crippen LogP contribution in [0.4, 0.5) is 0 Å². The molecule has 2 rings (SSSR count). The van der Waals surface area contributed by atoms with E-state index in [1.54, 1.807) is 14.2 Å². The van der Waals surface area contributed by atoms with Crippen LogP contribution in [0, 0.1) is 5.92 Å². The van der Waals surface area contributed by atoms with Crippen molar-refractivity contribution in [2.45, 2.75) is 31.7 Å². The summed E-state index contributed by atoms with van der Waals surface area (Å²) in [5, 5.41) is 4.03. The quantitative estimate of drug-likeness (QED) is 0.619. The molecule has 2 atom stereocenters. The van der Waals surface area contributed by atoms with Crippen molar-refractivity contribution in [3.05, 3.63) is 0 Å². The number of methoxy groups -OCH3 is 2. The van der Waals surface area contributed by atoms with E-state index in [1.165, 1.54) is 6.42 Å². The number of ether oxygens (including phenoxy) is 2. The minimum atomic E-state index is -0.326. The van der Waals surface area contributed by atoms with Crippen molar-refractivity contribution < 1.29 is 14.3 Å². The van der Waals surface area contributed by atoms with Crippen LogP contribution in [0.1, 0.15) is 19.3 Å². The molecule has 0 aromatic carbocycles. The van der Waals surface area contributed by atoms with Gasteiger partial charge in [0.25, 0.3) is 0 Å². The van der Waals surface area contributed by atoms with E-state index >= 15 is 0 Å². The normalized spacial score (nSPS) is 31.8. The maximum absolute atomic E-state index is 5.30. The fraction of sp³-hybridized carbons (Fsp3) is 0.889. The monoisotopic (exact) mass is 185 g/mol. The highest BCUT2D eigenvalue weighted by molar-refractivity contribution is 5.91.